The van der Waals surface area contributed by atoms with Crippen molar-refractivity contribution in [3.63, 3.8) is 0 Å². The number of aliphatic carboxylic acids is 1. The average molecular weight is 262 g/mol. The second-order valence-electron chi connectivity index (χ2n) is 4.04. The SMILES string of the molecule is CC(C(=O)O)C(C)c1cccc(OC(F)(F)F)c1. The molecule has 1 N–H and O–H groups in total. The Hall–Kier alpha value is -1.72. The highest BCUT2D eigenvalue weighted by molar-refractivity contribution is 5.70. The maximum Gasteiger partial charge on any atom is 0.573 e. The fourth-order valence-electron chi connectivity index (χ4n) is 1.50. The summed E-state index contributed by atoms with van der Waals surface area (Å²) in [6.45, 7) is 3.15. The van der Waals surface area contributed by atoms with Gasteiger partial charge in [-0.1, -0.05) is 26.0 Å². The smallest absolute Gasteiger partial charge is 0.481 e. The van der Waals surface area contributed by atoms with Gasteiger partial charge in [0.15, 0.2) is 0 Å². The Labute approximate surface area is 102 Å². The molecule has 0 amide bonds. The molecule has 100 valence electrons. The summed E-state index contributed by atoms with van der Waals surface area (Å²) in [7, 11) is 0. The fourth-order valence-corrected chi connectivity index (χ4v) is 1.50. The molecule has 3 nitrogen and oxygen atoms in total. The largest absolute Gasteiger partial charge is 0.573 e. The minimum atomic E-state index is -4.75. The number of benzene rings is 1. The van der Waals surface area contributed by atoms with Gasteiger partial charge in [-0.15, -0.1) is 13.2 Å². The van der Waals surface area contributed by atoms with Crippen molar-refractivity contribution in [1.82, 2.24) is 0 Å². The summed E-state index contributed by atoms with van der Waals surface area (Å²) in [5, 5.41) is 8.86. The summed E-state index contributed by atoms with van der Waals surface area (Å²) in [4.78, 5) is 10.8. The number of carboxylic acid groups (broad SMARTS) is 1. The molecule has 0 radical (unpaired) electrons. The maximum atomic E-state index is 12.0. The summed E-state index contributed by atoms with van der Waals surface area (Å²) in [6, 6.07) is 5.36. The van der Waals surface area contributed by atoms with Crippen LogP contribution in [0, 0.1) is 5.92 Å². The summed E-state index contributed by atoms with van der Waals surface area (Å²) in [5.74, 6) is -2.43. The lowest BCUT2D eigenvalue weighted by molar-refractivity contribution is -0.274. The zero-order valence-electron chi connectivity index (χ0n) is 9.86. The van der Waals surface area contributed by atoms with Gasteiger partial charge < -0.3 is 9.84 Å². The normalized spacial score (nSPS) is 14.9. The lowest BCUT2D eigenvalue weighted by Gasteiger charge is -2.17. The molecule has 6 heteroatoms. The van der Waals surface area contributed by atoms with Crippen molar-refractivity contribution in [2.24, 2.45) is 5.92 Å². The van der Waals surface area contributed by atoms with E-state index in [-0.39, 0.29) is 5.75 Å². The van der Waals surface area contributed by atoms with Crippen LogP contribution in [0.3, 0.4) is 0 Å². The Kier molecular flexibility index (Phi) is 4.21. The van der Waals surface area contributed by atoms with Gasteiger partial charge in [0.25, 0.3) is 0 Å². The van der Waals surface area contributed by atoms with Crippen LogP contribution in [0.4, 0.5) is 13.2 Å². The number of carbonyl (C=O) groups is 1. The Bertz CT molecular complexity index is 429. The summed E-state index contributed by atoms with van der Waals surface area (Å²) in [5.41, 5.74) is 0.492. The third-order valence-corrected chi connectivity index (χ3v) is 2.76. The van der Waals surface area contributed by atoms with E-state index in [2.05, 4.69) is 4.74 Å². The fraction of sp³-hybridized carbons (Fsp3) is 0.417. The average Bonchev–Trinajstić information content (AvgIpc) is 2.25. The molecule has 0 aliphatic heterocycles. The van der Waals surface area contributed by atoms with E-state index in [1.165, 1.54) is 25.1 Å². The number of hydrogen-bond donors (Lipinski definition) is 1. The molecule has 0 aliphatic rings. The van der Waals surface area contributed by atoms with Crippen molar-refractivity contribution in [3.05, 3.63) is 29.8 Å². The van der Waals surface area contributed by atoms with E-state index in [9.17, 15) is 18.0 Å². The monoisotopic (exact) mass is 262 g/mol. The van der Waals surface area contributed by atoms with Crippen LogP contribution in [0.15, 0.2) is 24.3 Å². The lowest BCUT2D eigenvalue weighted by atomic mass is 9.89. The summed E-state index contributed by atoms with van der Waals surface area (Å²) in [6.07, 6.45) is -4.75. The van der Waals surface area contributed by atoms with Crippen LogP contribution in [0.5, 0.6) is 5.75 Å². The molecule has 0 saturated heterocycles. The number of carboxylic acids is 1. The second kappa shape index (κ2) is 5.29. The minimum Gasteiger partial charge on any atom is -0.481 e. The lowest BCUT2D eigenvalue weighted by Crippen LogP contribution is -2.18. The molecule has 18 heavy (non-hydrogen) atoms. The van der Waals surface area contributed by atoms with E-state index in [0.29, 0.717) is 5.56 Å². The van der Waals surface area contributed by atoms with E-state index in [1.807, 2.05) is 0 Å². The molecular formula is C12H13F3O3. The van der Waals surface area contributed by atoms with Gasteiger partial charge in [0, 0.05) is 0 Å². The Morgan fingerprint density at radius 3 is 2.44 bits per heavy atom. The van der Waals surface area contributed by atoms with Gasteiger partial charge >= 0.3 is 12.3 Å². The van der Waals surface area contributed by atoms with E-state index >= 15 is 0 Å². The summed E-state index contributed by atoms with van der Waals surface area (Å²) < 4.78 is 39.9. The number of halogens is 3. The first-order valence-corrected chi connectivity index (χ1v) is 5.29. The predicted molar refractivity (Wildman–Crippen MR) is 58.3 cm³/mol. The van der Waals surface area contributed by atoms with Crippen LogP contribution in [-0.4, -0.2) is 17.4 Å². The van der Waals surface area contributed by atoms with E-state index in [0.717, 1.165) is 0 Å². The van der Waals surface area contributed by atoms with Gasteiger partial charge in [-0.3, -0.25) is 4.79 Å². The van der Waals surface area contributed by atoms with Gasteiger partial charge in [0.05, 0.1) is 5.92 Å². The highest BCUT2D eigenvalue weighted by atomic mass is 19.4. The molecule has 0 spiro atoms. The predicted octanol–water partition coefficient (Wildman–Crippen LogP) is 3.41. The number of ether oxygens (including phenoxy) is 1. The molecule has 2 unspecified atom stereocenters. The van der Waals surface area contributed by atoms with Crippen LogP contribution < -0.4 is 4.74 Å². The maximum absolute atomic E-state index is 12.0. The van der Waals surface area contributed by atoms with Crippen LogP contribution in [-0.2, 0) is 4.79 Å². The molecule has 2 atom stereocenters. The highest BCUT2D eigenvalue weighted by Gasteiger charge is 2.31. The minimum absolute atomic E-state index is 0.343. The van der Waals surface area contributed by atoms with Crippen LogP contribution >= 0.6 is 0 Å². The molecule has 1 aromatic carbocycles. The third-order valence-electron chi connectivity index (χ3n) is 2.76. The Balaban J connectivity index is 2.91. The quantitative estimate of drug-likeness (QED) is 0.904. The van der Waals surface area contributed by atoms with Gasteiger partial charge in [-0.2, -0.15) is 0 Å². The molecule has 0 bridgehead atoms. The van der Waals surface area contributed by atoms with Crippen LogP contribution in [0.25, 0.3) is 0 Å². The van der Waals surface area contributed by atoms with Gasteiger partial charge in [-0.05, 0) is 23.6 Å². The first-order valence-electron chi connectivity index (χ1n) is 5.29. The number of rotatable bonds is 4. The van der Waals surface area contributed by atoms with E-state index in [1.54, 1.807) is 13.0 Å². The molecule has 0 aromatic heterocycles. The highest BCUT2D eigenvalue weighted by Crippen LogP contribution is 2.29. The van der Waals surface area contributed by atoms with Gasteiger partial charge in [0.1, 0.15) is 5.75 Å². The molecule has 0 heterocycles. The zero-order chi connectivity index (χ0) is 13.9. The Morgan fingerprint density at radius 2 is 1.94 bits per heavy atom. The van der Waals surface area contributed by atoms with Crippen LogP contribution in [0.1, 0.15) is 25.3 Å². The molecule has 1 rings (SSSR count). The molecule has 1 aromatic rings. The van der Waals surface area contributed by atoms with Crippen molar-refractivity contribution in [2.75, 3.05) is 0 Å². The zero-order valence-corrected chi connectivity index (χ0v) is 9.86. The number of hydrogen-bond acceptors (Lipinski definition) is 2. The molecule has 0 aliphatic carbocycles. The first-order chi connectivity index (χ1) is 8.20. The van der Waals surface area contributed by atoms with E-state index in [4.69, 9.17) is 5.11 Å². The number of alkyl halides is 3. The molecular weight excluding hydrogens is 249 g/mol. The van der Waals surface area contributed by atoms with E-state index < -0.39 is 24.2 Å². The van der Waals surface area contributed by atoms with Crippen molar-refractivity contribution >= 4 is 5.97 Å². The van der Waals surface area contributed by atoms with Gasteiger partial charge in [0.2, 0.25) is 0 Å². The third kappa shape index (κ3) is 3.94. The first kappa shape index (κ1) is 14.3. The topological polar surface area (TPSA) is 46.5 Å². The van der Waals surface area contributed by atoms with Gasteiger partial charge in [-0.25, -0.2) is 0 Å². The second-order valence-corrected chi connectivity index (χ2v) is 4.04. The van der Waals surface area contributed by atoms with Crippen molar-refractivity contribution in [3.8, 4) is 5.75 Å². The van der Waals surface area contributed by atoms with Crippen molar-refractivity contribution in [2.45, 2.75) is 26.1 Å². The standard InChI is InChI=1S/C12H13F3O3/c1-7(8(2)11(16)17)9-4-3-5-10(6-9)18-12(13,14)15/h3-8H,1-2H3,(H,16,17). The Morgan fingerprint density at radius 1 is 1.33 bits per heavy atom. The molecule has 0 fully saturated rings. The van der Waals surface area contributed by atoms with Crippen molar-refractivity contribution < 1.29 is 27.8 Å². The summed E-state index contributed by atoms with van der Waals surface area (Å²) >= 11 is 0. The van der Waals surface area contributed by atoms with Crippen molar-refractivity contribution in [1.29, 1.82) is 0 Å². The van der Waals surface area contributed by atoms with Crippen LogP contribution in [0.2, 0.25) is 0 Å². The molecule has 0 saturated carbocycles.